The minimum Gasteiger partial charge on any atom is -0.320 e. The first-order valence-corrected chi connectivity index (χ1v) is 7.93. The maximum Gasteiger partial charge on any atom is 0.255 e. The van der Waals surface area contributed by atoms with E-state index in [-0.39, 0.29) is 11.6 Å². The van der Waals surface area contributed by atoms with E-state index in [1.807, 2.05) is 37.5 Å². The molecule has 0 saturated heterocycles. The van der Waals surface area contributed by atoms with Gasteiger partial charge in [0.1, 0.15) is 0 Å². The Hall–Kier alpha value is -1.87. The van der Waals surface area contributed by atoms with Crippen LogP contribution in [-0.4, -0.2) is 4.57 Å². The molecule has 1 atom stereocenters. The Morgan fingerprint density at radius 1 is 1.09 bits per heavy atom. The predicted octanol–water partition coefficient (Wildman–Crippen LogP) is 3.66. The number of pyridine rings is 1. The second kappa shape index (κ2) is 6.49. The lowest BCUT2D eigenvalue weighted by Crippen LogP contribution is -2.31. The van der Waals surface area contributed by atoms with Crippen LogP contribution < -0.4 is 11.3 Å². The topological polar surface area (TPSA) is 48.0 Å². The molecule has 3 nitrogen and oxygen atoms in total. The molecule has 22 heavy (non-hydrogen) atoms. The fraction of sp³-hybridized carbons (Fsp3) is 0.421. The molecule has 2 N–H and O–H groups in total. The molecule has 0 aliphatic rings. The van der Waals surface area contributed by atoms with Crippen molar-refractivity contribution in [3.8, 4) is 0 Å². The monoisotopic (exact) mass is 298 g/mol. The molecule has 0 radical (unpaired) electrons. The van der Waals surface area contributed by atoms with E-state index in [1.165, 1.54) is 0 Å². The highest BCUT2D eigenvalue weighted by Gasteiger charge is 2.18. The number of nitrogens with two attached hydrogens (primary N) is 1. The zero-order chi connectivity index (χ0) is 16.4. The van der Waals surface area contributed by atoms with Gasteiger partial charge >= 0.3 is 0 Å². The van der Waals surface area contributed by atoms with Gasteiger partial charge in [-0.15, -0.1) is 0 Å². The van der Waals surface area contributed by atoms with Gasteiger partial charge in [0.05, 0.1) is 6.04 Å². The van der Waals surface area contributed by atoms with Gasteiger partial charge in [-0.3, -0.25) is 4.79 Å². The minimum atomic E-state index is -0.383. The molecule has 0 aliphatic heterocycles. The van der Waals surface area contributed by atoms with Crippen LogP contribution >= 0.6 is 0 Å². The number of hydrogen-bond acceptors (Lipinski definition) is 2. The molecular weight excluding hydrogens is 272 g/mol. The standard InChI is InChI=1S/C19H26N2O/c1-6-21-17(12(2)3)10-9-15(19(21)22)18(20)16-11-13(4)7-8-14(16)5/h7-12,18H,6,20H2,1-5H3. The van der Waals surface area contributed by atoms with Gasteiger partial charge in [0.15, 0.2) is 0 Å². The number of aromatic nitrogens is 1. The van der Waals surface area contributed by atoms with Crippen molar-refractivity contribution in [2.75, 3.05) is 0 Å². The normalized spacial score (nSPS) is 12.7. The number of rotatable bonds is 4. The van der Waals surface area contributed by atoms with Crippen LogP contribution in [0.3, 0.4) is 0 Å². The highest BCUT2D eigenvalue weighted by molar-refractivity contribution is 5.38. The van der Waals surface area contributed by atoms with E-state index in [9.17, 15) is 4.79 Å². The van der Waals surface area contributed by atoms with Crippen LogP contribution in [-0.2, 0) is 6.54 Å². The molecule has 0 amide bonds. The first kappa shape index (κ1) is 16.5. The Balaban J connectivity index is 2.58. The van der Waals surface area contributed by atoms with Crippen LogP contribution in [0.5, 0.6) is 0 Å². The van der Waals surface area contributed by atoms with E-state index >= 15 is 0 Å². The average Bonchev–Trinajstić information content (AvgIpc) is 2.48. The van der Waals surface area contributed by atoms with Gasteiger partial charge in [-0.05, 0) is 49.9 Å². The summed E-state index contributed by atoms with van der Waals surface area (Å²) in [5.41, 5.74) is 11.5. The maximum absolute atomic E-state index is 12.8. The van der Waals surface area contributed by atoms with Crippen LogP contribution in [0.4, 0.5) is 0 Å². The van der Waals surface area contributed by atoms with Crippen molar-refractivity contribution < 1.29 is 0 Å². The second-order valence-corrected chi connectivity index (χ2v) is 6.26. The summed E-state index contributed by atoms with van der Waals surface area (Å²) >= 11 is 0. The Bertz CT molecular complexity index is 729. The van der Waals surface area contributed by atoms with Crippen LogP contribution in [0.15, 0.2) is 35.1 Å². The van der Waals surface area contributed by atoms with Crippen molar-refractivity contribution in [3.05, 3.63) is 68.6 Å². The van der Waals surface area contributed by atoms with Crippen molar-refractivity contribution in [2.45, 2.75) is 53.1 Å². The first-order chi connectivity index (χ1) is 10.4. The van der Waals surface area contributed by atoms with Crippen molar-refractivity contribution in [2.24, 2.45) is 5.73 Å². The minimum absolute atomic E-state index is 0.0297. The Morgan fingerprint density at radius 3 is 2.36 bits per heavy atom. The second-order valence-electron chi connectivity index (χ2n) is 6.26. The number of aryl methyl sites for hydroxylation is 2. The van der Waals surface area contributed by atoms with Gasteiger partial charge < -0.3 is 10.3 Å². The van der Waals surface area contributed by atoms with Gasteiger partial charge in [-0.1, -0.05) is 37.6 Å². The quantitative estimate of drug-likeness (QED) is 0.936. The number of hydrogen-bond donors (Lipinski definition) is 1. The molecule has 2 aromatic rings. The lowest BCUT2D eigenvalue weighted by Gasteiger charge is -2.20. The van der Waals surface area contributed by atoms with E-state index in [0.717, 1.165) is 22.4 Å². The molecule has 0 spiro atoms. The Labute approximate surface area is 132 Å². The maximum atomic E-state index is 12.8. The third kappa shape index (κ3) is 3.00. The van der Waals surface area contributed by atoms with E-state index in [4.69, 9.17) is 5.73 Å². The van der Waals surface area contributed by atoms with Crippen molar-refractivity contribution >= 4 is 0 Å². The van der Waals surface area contributed by atoms with Crippen LogP contribution in [0, 0.1) is 13.8 Å². The Kier molecular flexibility index (Phi) is 4.87. The highest BCUT2D eigenvalue weighted by Crippen LogP contribution is 2.23. The molecular formula is C19H26N2O. The van der Waals surface area contributed by atoms with Crippen LogP contribution in [0.1, 0.15) is 60.7 Å². The molecule has 0 aliphatic carbocycles. The molecule has 0 saturated carbocycles. The van der Waals surface area contributed by atoms with E-state index in [1.54, 1.807) is 0 Å². The summed E-state index contributed by atoms with van der Waals surface area (Å²) in [4.78, 5) is 12.8. The summed E-state index contributed by atoms with van der Waals surface area (Å²) in [6, 6.07) is 9.76. The fourth-order valence-electron chi connectivity index (χ4n) is 2.94. The van der Waals surface area contributed by atoms with E-state index in [2.05, 4.69) is 32.0 Å². The summed E-state index contributed by atoms with van der Waals surface area (Å²) < 4.78 is 1.84. The number of nitrogens with zero attached hydrogens (tertiary/aromatic N) is 1. The zero-order valence-electron chi connectivity index (χ0n) is 14.2. The van der Waals surface area contributed by atoms with Gasteiger partial charge in [0.2, 0.25) is 0 Å². The van der Waals surface area contributed by atoms with Crippen LogP contribution in [0.25, 0.3) is 0 Å². The lowest BCUT2D eigenvalue weighted by atomic mass is 9.94. The largest absolute Gasteiger partial charge is 0.320 e. The summed E-state index contributed by atoms with van der Waals surface area (Å²) in [7, 11) is 0. The van der Waals surface area contributed by atoms with E-state index < -0.39 is 0 Å². The summed E-state index contributed by atoms with van der Waals surface area (Å²) in [5.74, 6) is 0.318. The Morgan fingerprint density at radius 2 is 1.77 bits per heavy atom. The molecule has 1 unspecified atom stereocenters. The SMILES string of the molecule is CCn1c(C(C)C)ccc(C(N)c2cc(C)ccc2C)c1=O. The third-order valence-corrected chi connectivity index (χ3v) is 4.25. The highest BCUT2D eigenvalue weighted by atomic mass is 16.1. The van der Waals surface area contributed by atoms with Crippen molar-refractivity contribution in [1.29, 1.82) is 0 Å². The predicted molar refractivity (Wildman–Crippen MR) is 92.4 cm³/mol. The molecule has 0 fully saturated rings. The van der Waals surface area contributed by atoms with Crippen molar-refractivity contribution in [1.82, 2.24) is 4.57 Å². The summed E-state index contributed by atoms with van der Waals surface area (Å²) in [6.45, 7) is 11.0. The van der Waals surface area contributed by atoms with Crippen LogP contribution in [0.2, 0.25) is 0 Å². The number of benzene rings is 1. The van der Waals surface area contributed by atoms with Crippen molar-refractivity contribution in [3.63, 3.8) is 0 Å². The average molecular weight is 298 g/mol. The summed E-state index contributed by atoms with van der Waals surface area (Å²) in [6.07, 6.45) is 0. The van der Waals surface area contributed by atoms with Gasteiger partial charge in [0, 0.05) is 17.8 Å². The first-order valence-electron chi connectivity index (χ1n) is 7.93. The zero-order valence-corrected chi connectivity index (χ0v) is 14.2. The molecule has 118 valence electrons. The smallest absolute Gasteiger partial charge is 0.255 e. The molecule has 2 rings (SSSR count). The lowest BCUT2D eigenvalue weighted by molar-refractivity contribution is 0.626. The van der Waals surface area contributed by atoms with Gasteiger partial charge in [0.25, 0.3) is 5.56 Å². The van der Waals surface area contributed by atoms with E-state index in [0.29, 0.717) is 18.0 Å². The fourth-order valence-corrected chi connectivity index (χ4v) is 2.94. The molecule has 3 heteroatoms. The van der Waals surface area contributed by atoms with Gasteiger partial charge in [-0.25, -0.2) is 0 Å². The molecule has 1 heterocycles. The summed E-state index contributed by atoms with van der Waals surface area (Å²) in [5, 5.41) is 0. The molecule has 0 bridgehead atoms. The molecule has 1 aromatic heterocycles. The molecule has 1 aromatic carbocycles. The third-order valence-electron chi connectivity index (χ3n) is 4.25. The van der Waals surface area contributed by atoms with Gasteiger partial charge in [-0.2, -0.15) is 0 Å².